The molecule has 2 saturated heterocycles. The molecule has 4 rings (SSSR count). The third kappa shape index (κ3) is 4.13. The molecule has 0 radical (unpaired) electrons. The van der Waals surface area contributed by atoms with Gasteiger partial charge in [-0.25, -0.2) is 0 Å². The lowest BCUT2D eigenvalue weighted by Gasteiger charge is -2.42. The van der Waals surface area contributed by atoms with E-state index in [0.717, 1.165) is 25.2 Å². The van der Waals surface area contributed by atoms with Crippen molar-refractivity contribution in [2.24, 2.45) is 5.92 Å². The highest BCUT2D eigenvalue weighted by molar-refractivity contribution is 5.85. The zero-order chi connectivity index (χ0) is 20.8. The summed E-state index contributed by atoms with van der Waals surface area (Å²) in [5, 5.41) is 0. The van der Waals surface area contributed by atoms with Gasteiger partial charge < -0.3 is 9.80 Å². The van der Waals surface area contributed by atoms with E-state index in [2.05, 4.69) is 4.90 Å². The van der Waals surface area contributed by atoms with Gasteiger partial charge in [-0.05, 0) is 37.0 Å². The van der Waals surface area contributed by atoms with E-state index in [1.807, 2.05) is 4.90 Å². The summed E-state index contributed by atoms with van der Waals surface area (Å²) in [6, 6.07) is 4.98. The molecule has 1 aromatic carbocycles. The lowest BCUT2D eigenvalue weighted by Crippen LogP contribution is -2.53. The minimum atomic E-state index is -4.41. The van der Waals surface area contributed by atoms with Crippen molar-refractivity contribution in [1.82, 2.24) is 14.7 Å². The summed E-state index contributed by atoms with van der Waals surface area (Å²) in [5.74, 6) is -0.510. The molecule has 1 aromatic rings. The minimum Gasteiger partial charge on any atom is -0.340 e. The number of rotatable bonds is 3. The zero-order valence-corrected chi connectivity index (χ0v) is 16.5. The smallest absolute Gasteiger partial charge is 0.340 e. The maximum Gasteiger partial charge on any atom is 0.416 e. The fraction of sp³-hybridized carbons (Fsp3) is 0.619. The number of amides is 2. The van der Waals surface area contributed by atoms with Gasteiger partial charge in [-0.3, -0.25) is 14.5 Å². The molecule has 158 valence electrons. The Morgan fingerprint density at radius 1 is 1.00 bits per heavy atom. The van der Waals surface area contributed by atoms with Gasteiger partial charge >= 0.3 is 6.18 Å². The van der Waals surface area contributed by atoms with Crippen LogP contribution in [0.3, 0.4) is 0 Å². The highest BCUT2D eigenvalue weighted by atomic mass is 19.4. The monoisotopic (exact) mass is 409 g/mol. The van der Waals surface area contributed by atoms with Crippen LogP contribution in [0.4, 0.5) is 13.2 Å². The van der Waals surface area contributed by atoms with Gasteiger partial charge in [-0.1, -0.05) is 12.1 Å². The van der Waals surface area contributed by atoms with Crippen LogP contribution in [-0.4, -0.2) is 65.8 Å². The predicted octanol–water partition coefficient (Wildman–Crippen LogP) is 2.92. The molecule has 2 heterocycles. The largest absolute Gasteiger partial charge is 0.416 e. The van der Waals surface area contributed by atoms with Crippen LogP contribution in [0, 0.1) is 5.92 Å². The lowest BCUT2D eigenvalue weighted by molar-refractivity contribution is -0.148. The summed E-state index contributed by atoms with van der Waals surface area (Å²) < 4.78 is 38.7. The third-order valence-corrected chi connectivity index (χ3v) is 6.45. The lowest BCUT2D eigenvalue weighted by atomic mass is 9.83. The molecule has 2 atom stereocenters. The van der Waals surface area contributed by atoms with Crippen molar-refractivity contribution in [3.05, 3.63) is 35.4 Å². The number of carbonyl (C=O) groups excluding carboxylic acids is 2. The van der Waals surface area contributed by atoms with Crippen LogP contribution in [0.1, 0.15) is 42.9 Å². The average molecular weight is 409 g/mol. The van der Waals surface area contributed by atoms with E-state index in [-0.39, 0.29) is 18.2 Å². The van der Waals surface area contributed by atoms with E-state index in [0.29, 0.717) is 31.1 Å². The number of hydrogen-bond donors (Lipinski definition) is 0. The number of nitrogens with zero attached hydrogens (tertiary/aromatic N) is 3. The van der Waals surface area contributed by atoms with Gasteiger partial charge in [0.05, 0.1) is 17.5 Å². The first-order valence-electron chi connectivity index (χ1n) is 10.2. The predicted molar refractivity (Wildman–Crippen MR) is 101 cm³/mol. The van der Waals surface area contributed by atoms with Crippen molar-refractivity contribution in [2.75, 3.05) is 33.2 Å². The first-order valence-corrected chi connectivity index (χ1v) is 10.2. The van der Waals surface area contributed by atoms with E-state index in [1.165, 1.54) is 29.9 Å². The first-order chi connectivity index (χ1) is 13.8. The van der Waals surface area contributed by atoms with Crippen LogP contribution in [0.2, 0.25) is 0 Å². The summed E-state index contributed by atoms with van der Waals surface area (Å²) in [7, 11) is 1.63. The van der Waals surface area contributed by atoms with E-state index in [1.54, 1.807) is 7.05 Å². The van der Waals surface area contributed by atoms with Crippen molar-refractivity contribution in [3.63, 3.8) is 0 Å². The number of carbonyl (C=O) groups is 2. The molecule has 0 aromatic heterocycles. The number of hydrogen-bond acceptors (Lipinski definition) is 3. The Labute approximate surface area is 168 Å². The number of piperazine rings is 1. The molecule has 0 bridgehead atoms. The molecule has 29 heavy (non-hydrogen) atoms. The maximum absolute atomic E-state index is 13.3. The molecule has 3 fully saturated rings. The molecule has 1 aliphatic carbocycles. The molecule has 5 nitrogen and oxygen atoms in total. The summed E-state index contributed by atoms with van der Waals surface area (Å²) in [6.45, 7) is 3.07. The Kier molecular flexibility index (Phi) is 5.31. The molecular weight excluding hydrogens is 383 g/mol. The molecule has 2 unspecified atom stereocenters. The van der Waals surface area contributed by atoms with Crippen molar-refractivity contribution in [3.8, 4) is 0 Å². The number of benzene rings is 1. The Morgan fingerprint density at radius 3 is 2.17 bits per heavy atom. The molecule has 1 saturated carbocycles. The Hall–Kier alpha value is -2.09. The quantitative estimate of drug-likeness (QED) is 0.771. The normalized spacial score (nSPS) is 26.7. The number of halogens is 3. The van der Waals surface area contributed by atoms with E-state index in [4.69, 9.17) is 0 Å². The van der Waals surface area contributed by atoms with Crippen molar-refractivity contribution in [2.45, 2.75) is 43.9 Å². The maximum atomic E-state index is 13.3. The molecule has 8 heteroatoms. The second-order valence-corrected chi connectivity index (χ2v) is 8.31. The zero-order valence-electron chi connectivity index (χ0n) is 16.5. The van der Waals surface area contributed by atoms with Crippen molar-refractivity contribution >= 4 is 11.8 Å². The standard InChI is InChI=1S/C21H26F3N3O2/c1-25-18(28)9-8-17(19(25)14-2-4-15(5-3-14)21(22,23)24)20(29)27-12-10-26(11-13-27)16-6-7-16/h2-5,16-17,19H,6-13H2,1H3. The number of likely N-dealkylation sites (tertiary alicyclic amines) is 1. The summed E-state index contributed by atoms with van der Waals surface area (Å²) >= 11 is 0. The Bertz CT molecular complexity index is 768. The SMILES string of the molecule is CN1C(=O)CCC(C(=O)N2CCN(C3CC3)CC2)C1c1ccc(C(F)(F)F)cc1. The van der Waals surface area contributed by atoms with Gasteiger partial charge in [0.25, 0.3) is 0 Å². The highest BCUT2D eigenvalue weighted by Gasteiger charge is 2.42. The van der Waals surface area contributed by atoms with Gasteiger partial charge in [-0.2, -0.15) is 13.2 Å². The second-order valence-electron chi connectivity index (χ2n) is 8.31. The molecule has 2 aliphatic heterocycles. The second kappa shape index (κ2) is 7.63. The van der Waals surface area contributed by atoms with Crippen LogP contribution >= 0.6 is 0 Å². The van der Waals surface area contributed by atoms with Gasteiger partial charge in [-0.15, -0.1) is 0 Å². The Balaban J connectivity index is 1.52. The van der Waals surface area contributed by atoms with E-state index < -0.39 is 23.7 Å². The molecule has 0 N–H and O–H groups in total. The van der Waals surface area contributed by atoms with Gasteiger partial charge in [0, 0.05) is 45.7 Å². The van der Waals surface area contributed by atoms with Crippen molar-refractivity contribution in [1.29, 1.82) is 0 Å². The molecule has 0 spiro atoms. The Morgan fingerprint density at radius 2 is 1.62 bits per heavy atom. The van der Waals surface area contributed by atoms with E-state index >= 15 is 0 Å². The summed E-state index contributed by atoms with van der Waals surface area (Å²) in [5.41, 5.74) is -0.159. The van der Waals surface area contributed by atoms with Crippen LogP contribution in [-0.2, 0) is 15.8 Å². The van der Waals surface area contributed by atoms with Crippen LogP contribution in [0.15, 0.2) is 24.3 Å². The highest BCUT2D eigenvalue weighted by Crippen LogP contribution is 2.38. The van der Waals surface area contributed by atoms with Gasteiger partial charge in [0.1, 0.15) is 0 Å². The number of piperidine rings is 1. The molecule has 2 amide bonds. The van der Waals surface area contributed by atoms with Gasteiger partial charge in [0.2, 0.25) is 11.8 Å². The van der Waals surface area contributed by atoms with Crippen LogP contribution < -0.4 is 0 Å². The van der Waals surface area contributed by atoms with Gasteiger partial charge in [0.15, 0.2) is 0 Å². The molecule has 3 aliphatic rings. The summed E-state index contributed by atoms with van der Waals surface area (Å²) in [4.78, 5) is 31.4. The topological polar surface area (TPSA) is 43.9 Å². The van der Waals surface area contributed by atoms with Crippen LogP contribution in [0.5, 0.6) is 0 Å². The van der Waals surface area contributed by atoms with Crippen LogP contribution in [0.25, 0.3) is 0 Å². The first kappa shape index (κ1) is 20.2. The summed E-state index contributed by atoms with van der Waals surface area (Å²) in [6.07, 6.45) is -1.23. The fourth-order valence-electron chi connectivity index (χ4n) is 4.60. The van der Waals surface area contributed by atoms with E-state index in [9.17, 15) is 22.8 Å². The van der Waals surface area contributed by atoms with Crippen molar-refractivity contribution < 1.29 is 22.8 Å². The average Bonchev–Trinajstić information content (AvgIpc) is 3.54. The minimum absolute atomic E-state index is 0.00435. The third-order valence-electron chi connectivity index (χ3n) is 6.45. The fourth-order valence-corrected chi connectivity index (χ4v) is 4.60. The number of alkyl halides is 3. The molecular formula is C21H26F3N3O2.